The molecule has 17 heavy (non-hydrogen) atoms. The van der Waals surface area contributed by atoms with Crippen molar-refractivity contribution >= 4 is 5.97 Å². The SMILES string of the molecule is Cc1ccc(C)c(C2CCCCC2C(=O)O)c1. The van der Waals surface area contributed by atoms with E-state index >= 15 is 0 Å². The molecule has 0 saturated heterocycles. The number of carbonyl (C=O) groups is 1. The maximum absolute atomic E-state index is 11.3. The van der Waals surface area contributed by atoms with Crippen LogP contribution in [0.25, 0.3) is 0 Å². The summed E-state index contributed by atoms with van der Waals surface area (Å²) in [4.78, 5) is 11.3. The fourth-order valence-corrected chi connectivity index (χ4v) is 2.96. The van der Waals surface area contributed by atoms with Crippen molar-refractivity contribution in [2.75, 3.05) is 0 Å². The molecular weight excluding hydrogens is 212 g/mol. The molecule has 1 aromatic carbocycles. The summed E-state index contributed by atoms with van der Waals surface area (Å²) in [5.74, 6) is -0.610. The smallest absolute Gasteiger partial charge is 0.307 e. The lowest BCUT2D eigenvalue weighted by Crippen LogP contribution is -2.26. The van der Waals surface area contributed by atoms with Crippen LogP contribution >= 0.6 is 0 Å². The molecule has 0 aromatic heterocycles. The number of aliphatic carboxylic acids is 1. The molecule has 1 aromatic rings. The van der Waals surface area contributed by atoms with E-state index in [4.69, 9.17) is 0 Å². The van der Waals surface area contributed by atoms with Gasteiger partial charge in [-0.3, -0.25) is 4.79 Å². The minimum absolute atomic E-state index is 0.191. The second kappa shape index (κ2) is 4.91. The first-order valence-corrected chi connectivity index (χ1v) is 6.39. The summed E-state index contributed by atoms with van der Waals surface area (Å²) in [6.45, 7) is 4.16. The van der Waals surface area contributed by atoms with Gasteiger partial charge in [-0.2, -0.15) is 0 Å². The lowest BCUT2D eigenvalue weighted by atomic mass is 9.74. The summed E-state index contributed by atoms with van der Waals surface area (Å²) in [6, 6.07) is 6.37. The molecule has 92 valence electrons. The molecule has 2 heteroatoms. The Hall–Kier alpha value is -1.31. The minimum Gasteiger partial charge on any atom is -0.481 e. The number of hydrogen-bond donors (Lipinski definition) is 1. The molecule has 2 unspecified atom stereocenters. The molecule has 2 rings (SSSR count). The maximum Gasteiger partial charge on any atom is 0.307 e. The van der Waals surface area contributed by atoms with Gasteiger partial charge < -0.3 is 5.11 Å². The zero-order valence-electron chi connectivity index (χ0n) is 10.6. The number of benzene rings is 1. The summed E-state index contributed by atoms with van der Waals surface area (Å²) in [7, 11) is 0. The van der Waals surface area contributed by atoms with Crippen molar-refractivity contribution in [3.05, 3.63) is 34.9 Å². The molecular formula is C15H20O2. The van der Waals surface area contributed by atoms with E-state index in [9.17, 15) is 9.90 Å². The first-order chi connectivity index (χ1) is 8.09. The zero-order chi connectivity index (χ0) is 12.4. The van der Waals surface area contributed by atoms with Crippen molar-refractivity contribution in [1.29, 1.82) is 0 Å². The summed E-state index contributed by atoms with van der Waals surface area (Å²) in [6.07, 6.45) is 4.05. The molecule has 2 nitrogen and oxygen atoms in total. The van der Waals surface area contributed by atoms with Crippen LogP contribution in [-0.4, -0.2) is 11.1 Å². The molecule has 0 spiro atoms. The second-order valence-corrected chi connectivity index (χ2v) is 5.20. The maximum atomic E-state index is 11.3. The van der Waals surface area contributed by atoms with Crippen molar-refractivity contribution in [3.8, 4) is 0 Å². The van der Waals surface area contributed by atoms with Crippen LogP contribution < -0.4 is 0 Å². The van der Waals surface area contributed by atoms with Gasteiger partial charge in [-0.25, -0.2) is 0 Å². The van der Waals surface area contributed by atoms with E-state index in [1.54, 1.807) is 0 Å². The Bertz CT molecular complexity index is 423. The molecule has 1 fully saturated rings. The highest BCUT2D eigenvalue weighted by molar-refractivity contribution is 5.71. The molecule has 0 amide bonds. The topological polar surface area (TPSA) is 37.3 Å². The van der Waals surface area contributed by atoms with E-state index in [0.29, 0.717) is 0 Å². The van der Waals surface area contributed by atoms with Crippen LogP contribution in [-0.2, 0) is 4.79 Å². The van der Waals surface area contributed by atoms with Gasteiger partial charge in [-0.15, -0.1) is 0 Å². The van der Waals surface area contributed by atoms with Gasteiger partial charge in [0.05, 0.1) is 5.92 Å². The van der Waals surface area contributed by atoms with Crippen molar-refractivity contribution < 1.29 is 9.90 Å². The molecule has 2 atom stereocenters. The third-order valence-electron chi connectivity index (χ3n) is 3.92. The Morgan fingerprint density at radius 2 is 1.94 bits per heavy atom. The standard InChI is InChI=1S/C15H20O2/c1-10-7-8-11(2)14(9-10)12-5-3-4-6-13(12)15(16)17/h7-9,12-13H,3-6H2,1-2H3,(H,16,17). The highest BCUT2D eigenvalue weighted by atomic mass is 16.4. The van der Waals surface area contributed by atoms with E-state index < -0.39 is 5.97 Å². The Balaban J connectivity index is 2.35. The van der Waals surface area contributed by atoms with Gasteiger partial charge >= 0.3 is 5.97 Å². The van der Waals surface area contributed by atoms with Gasteiger partial charge in [0.15, 0.2) is 0 Å². The third-order valence-corrected chi connectivity index (χ3v) is 3.92. The quantitative estimate of drug-likeness (QED) is 0.844. The van der Waals surface area contributed by atoms with Gasteiger partial charge in [0.1, 0.15) is 0 Å². The predicted molar refractivity (Wildman–Crippen MR) is 68.3 cm³/mol. The summed E-state index contributed by atoms with van der Waals surface area (Å²) in [5.41, 5.74) is 3.70. The summed E-state index contributed by atoms with van der Waals surface area (Å²) in [5, 5.41) is 9.33. The van der Waals surface area contributed by atoms with Crippen LogP contribution in [0.4, 0.5) is 0 Å². The fraction of sp³-hybridized carbons (Fsp3) is 0.533. The van der Waals surface area contributed by atoms with Crippen LogP contribution in [0.2, 0.25) is 0 Å². The molecule has 0 bridgehead atoms. The lowest BCUT2D eigenvalue weighted by Gasteiger charge is -2.30. The second-order valence-electron chi connectivity index (χ2n) is 5.20. The van der Waals surface area contributed by atoms with Gasteiger partial charge in [0.25, 0.3) is 0 Å². The number of rotatable bonds is 2. The average Bonchev–Trinajstić information content (AvgIpc) is 2.32. The van der Waals surface area contributed by atoms with Gasteiger partial charge in [0, 0.05) is 0 Å². The average molecular weight is 232 g/mol. The van der Waals surface area contributed by atoms with E-state index in [-0.39, 0.29) is 11.8 Å². The Morgan fingerprint density at radius 1 is 1.24 bits per heavy atom. The number of aryl methyl sites for hydroxylation is 2. The van der Waals surface area contributed by atoms with Crippen LogP contribution in [0.3, 0.4) is 0 Å². The number of hydrogen-bond acceptors (Lipinski definition) is 1. The van der Waals surface area contributed by atoms with Crippen molar-refractivity contribution in [1.82, 2.24) is 0 Å². The van der Waals surface area contributed by atoms with Crippen LogP contribution in [0.15, 0.2) is 18.2 Å². The van der Waals surface area contributed by atoms with Crippen LogP contribution in [0, 0.1) is 19.8 Å². The molecule has 1 saturated carbocycles. The summed E-state index contributed by atoms with van der Waals surface area (Å²) >= 11 is 0. The molecule has 1 N–H and O–H groups in total. The molecule has 0 radical (unpaired) electrons. The fourth-order valence-electron chi connectivity index (χ4n) is 2.96. The largest absolute Gasteiger partial charge is 0.481 e. The third kappa shape index (κ3) is 2.51. The monoisotopic (exact) mass is 232 g/mol. The van der Waals surface area contributed by atoms with Gasteiger partial charge in [-0.1, -0.05) is 36.6 Å². The molecule has 1 aliphatic rings. The normalized spacial score (nSPS) is 24.6. The zero-order valence-corrected chi connectivity index (χ0v) is 10.6. The number of carboxylic acids is 1. The highest BCUT2D eigenvalue weighted by Gasteiger charge is 2.32. The van der Waals surface area contributed by atoms with E-state index in [1.807, 2.05) is 0 Å². The van der Waals surface area contributed by atoms with Crippen molar-refractivity contribution in [2.24, 2.45) is 5.92 Å². The minimum atomic E-state index is -0.629. The molecule has 0 aliphatic heterocycles. The van der Waals surface area contributed by atoms with Gasteiger partial charge in [0.2, 0.25) is 0 Å². The van der Waals surface area contributed by atoms with Crippen LogP contribution in [0.1, 0.15) is 48.3 Å². The highest BCUT2D eigenvalue weighted by Crippen LogP contribution is 2.39. The Morgan fingerprint density at radius 3 is 2.65 bits per heavy atom. The van der Waals surface area contributed by atoms with E-state index in [2.05, 4.69) is 32.0 Å². The van der Waals surface area contributed by atoms with Crippen molar-refractivity contribution in [3.63, 3.8) is 0 Å². The first kappa shape index (κ1) is 12.2. The first-order valence-electron chi connectivity index (χ1n) is 6.39. The van der Waals surface area contributed by atoms with Crippen molar-refractivity contribution in [2.45, 2.75) is 45.4 Å². The molecule has 1 aliphatic carbocycles. The van der Waals surface area contributed by atoms with E-state index in [1.165, 1.54) is 16.7 Å². The van der Waals surface area contributed by atoms with Gasteiger partial charge in [-0.05, 0) is 43.7 Å². The lowest BCUT2D eigenvalue weighted by molar-refractivity contribution is -0.143. The predicted octanol–water partition coefficient (Wildman–Crippen LogP) is 3.66. The van der Waals surface area contributed by atoms with Crippen LogP contribution in [0.5, 0.6) is 0 Å². The molecule has 0 heterocycles. The number of carboxylic acid groups (broad SMARTS) is 1. The Labute approximate surface area is 103 Å². The Kier molecular flexibility index (Phi) is 3.51. The summed E-state index contributed by atoms with van der Waals surface area (Å²) < 4.78 is 0. The van der Waals surface area contributed by atoms with E-state index in [0.717, 1.165) is 25.7 Å².